The van der Waals surface area contributed by atoms with Gasteiger partial charge in [-0.05, 0) is 54.5 Å². The number of fused-ring (bicyclic) bond motifs is 1. The minimum Gasteiger partial charge on any atom is -0.354 e. The lowest BCUT2D eigenvalue weighted by Crippen LogP contribution is -2.42. The Labute approximate surface area is 177 Å². The van der Waals surface area contributed by atoms with Gasteiger partial charge in [0.15, 0.2) is 0 Å². The van der Waals surface area contributed by atoms with Gasteiger partial charge in [0.25, 0.3) is 16.1 Å². The van der Waals surface area contributed by atoms with Crippen LogP contribution in [-0.2, 0) is 10.2 Å². The first kappa shape index (κ1) is 22.2. The Morgan fingerprint density at radius 3 is 2.41 bits per heavy atom. The van der Waals surface area contributed by atoms with E-state index >= 15 is 0 Å². The molecule has 160 valence electrons. The molecule has 2 N–H and O–H groups in total. The van der Waals surface area contributed by atoms with Gasteiger partial charge >= 0.3 is 0 Å². The standard InChI is InChI=1S/C21H31N3O3S2/c1-4-24(5-2)29(26,27)23-14-15-10-12-16(13-11-15)19-17-8-6-7-9-18(17)28-20(19)21(25)22-3/h6-9,15-16,23H,4-5,10-14H2,1-3H3,(H,22,25). The van der Waals surface area contributed by atoms with E-state index in [9.17, 15) is 13.2 Å². The first-order valence-corrected chi connectivity index (χ1v) is 12.6. The van der Waals surface area contributed by atoms with E-state index in [1.54, 1.807) is 18.4 Å². The van der Waals surface area contributed by atoms with Gasteiger partial charge in [0.05, 0.1) is 4.88 Å². The summed E-state index contributed by atoms with van der Waals surface area (Å²) in [7, 11) is -1.72. The normalized spacial score (nSPS) is 20.3. The molecular weight excluding hydrogens is 406 g/mol. The minimum atomic E-state index is -3.40. The van der Waals surface area contributed by atoms with Gasteiger partial charge in [-0.1, -0.05) is 32.0 Å². The van der Waals surface area contributed by atoms with Gasteiger partial charge in [0.2, 0.25) is 0 Å². The third kappa shape index (κ3) is 4.82. The smallest absolute Gasteiger partial charge is 0.279 e. The molecule has 1 aliphatic carbocycles. The van der Waals surface area contributed by atoms with Crippen LogP contribution in [0, 0.1) is 5.92 Å². The van der Waals surface area contributed by atoms with Crippen LogP contribution in [0.2, 0.25) is 0 Å². The Morgan fingerprint density at radius 1 is 1.14 bits per heavy atom. The van der Waals surface area contributed by atoms with E-state index in [4.69, 9.17) is 0 Å². The molecule has 3 rings (SSSR count). The van der Waals surface area contributed by atoms with Crippen molar-refractivity contribution in [2.24, 2.45) is 5.92 Å². The second-order valence-corrected chi connectivity index (χ2v) is 10.4. The summed E-state index contributed by atoms with van der Waals surface area (Å²) in [6, 6.07) is 8.22. The second kappa shape index (κ2) is 9.55. The van der Waals surface area contributed by atoms with Crippen molar-refractivity contribution in [3.05, 3.63) is 34.7 Å². The highest BCUT2D eigenvalue weighted by molar-refractivity contribution is 7.87. The van der Waals surface area contributed by atoms with Gasteiger partial charge in [0.1, 0.15) is 0 Å². The zero-order chi connectivity index (χ0) is 21.0. The van der Waals surface area contributed by atoms with E-state index in [2.05, 4.69) is 22.2 Å². The monoisotopic (exact) mass is 437 g/mol. The number of carbonyl (C=O) groups is 1. The maximum atomic E-state index is 12.5. The lowest BCUT2D eigenvalue weighted by Gasteiger charge is -2.30. The molecule has 1 aliphatic rings. The summed E-state index contributed by atoms with van der Waals surface area (Å²) in [5, 5.41) is 3.96. The highest BCUT2D eigenvalue weighted by Gasteiger charge is 2.29. The number of rotatable bonds is 8. The molecule has 1 heterocycles. The Morgan fingerprint density at radius 2 is 1.79 bits per heavy atom. The van der Waals surface area contributed by atoms with Crippen LogP contribution in [0.4, 0.5) is 0 Å². The molecule has 29 heavy (non-hydrogen) atoms. The van der Waals surface area contributed by atoms with E-state index < -0.39 is 10.2 Å². The Hall–Kier alpha value is -1.48. The molecule has 8 heteroatoms. The lowest BCUT2D eigenvalue weighted by atomic mass is 9.78. The number of hydrogen-bond donors (Lipinski definition) is 2. The number of nitrogens with zero attached hydrogens (tertiary/aromatic N) is 1. The fraction of sp³-hybridized carbons (Fsp3) is 0.571. The average Bonchev–Trinajstić information content (AvgIpc) is 3.12. The third-order valence-electron chi connectivity index (χ3n) is 5.92. The number of carbonyl (C=O) groups excluding carboxylic acids is 1. The number of thiophene rings is 1. The average molecular weight is 438 g/mol. The molecular formula is C21H31N3O3S2. The fourth-order valence-electron chi connectivity index (χ4n) is 4.29. The van der Waals surface area contributed by atoms with Crippen LogP contribution in [0.25, 0.3) is 10.1 Å². The molecule has 1 aromatic heterocycles. The van der Waals surface area contributed by atoms with Crippen molar-refractivity contribution in [1.82, 2.24) is 14.3 Å². The van der Waals surface area contributed by atoms with Gasteiger partial charge in [-0.3, -0.25) is 4.79 Å². The predicted octanol–water partition coefficient (Wildman–Crippen LogP) is 3.71. The van der Waals surface area contributed by atoms with Crippen molar-refractivity contribution in [2.75, 3.05) is 26.7 Å². The minimum absolute atomic E-state index is 0.0182. The topological polar surface area (TPSA) is 78.5 Å². The van der Waals surface area contributed by atoms with Crippen LogP contribution < -0.4 is 10.0 Å². The van der Waals surface area contributed by atoms with Crippen LogP contribution in [-0.4, -0.2) is 45.3 Å². The molecule has 0 saturated heterocycles. The maximum Gasteiger partial charge on any atom is 0.279 e. The highest BCUT2D eigenvalue weighted by Crippen LogP contribution is 2.43. The fourth-order valence-corrected chi connectivity index (χ4v) is 6.83. The third-order valence-corrected chi connectivity index (χ3v) is 8.83. The molecule has 0 spiro atoms. The summed E-state index contributed by atoms with van der Waals surface area (Å²) in [4.78, 5) is 13.3. The zero-order valence-corrected chi connectivity index (χ0v) is 19.0. The molecule has 0 atom stereocenters. The van der Waals surface area contributed by atoms with E-state index in [0.717, 1.165) is 35.3 Å². The first-order valence-electron chi connectivity index (χ1n) is 10.4. The number of nitrogens with one attached hydrogen (secondary N) is 2. The Kier molecular flexibility index (Phi) is 7.32. The van der Waals surface area contributed by atoms with Crippen LogP contribution >= 0.6 is 11.3 Å². The van der Waals surface area contributed by atoms with Crippen molar-refractivity contribution in [2.45, 2.75) is 45.4 Å². The summed E-state index contributed by atoms with van der Waals surface area (Å²) >= 11 is 1.56. The quantitative estimate of drug-likeness (QED) is 0.661. The number of benzene rings is 1. The number of amides is 1. The SMILES string of the molecule is CCN(CC)S(=O)(=O)NCC1CCC(c2c(C(=O)NC)sc3ccccc23)CC1. The van der Waals surface area contributed by atoms with Crippen molar-refractivity contribution >= 4 is 37.5 Å². The molecule has 0 bridgehead atoms. The van der Waals surface area contributed by atoms with E-state index in [1.165, 1.54) is 15.3 Å². The van der Waals surface area contributed by atoms with Crippen molar-refractivity contribution in [3.8, 4) is 0 Å². The van der Waals surface area contributed by atoms with E-state index in [0.29, 0.717) is 31.5 Å². The summed E-state index contributed by atoms with van der Waals surface area (Å²) in [5.41, 5.74) is 1.17. The second-order valence-electron chi connectivity index (χ2n) is 7.58. The number of hydrogen-bond acceptors (Lipinski definition) is 4. The van der Waals surface area contributed by atoms with Gasteiger partial charge in [0, 0.05) is 31.4 Å². The molecule has 0 unspecified atom stereocenters. The lowest BCUT2D eigenvalue weighted by molar-refractivity contribution is 0.0965. The molecule has 1 saturated carbocycles. The first-order chi connectivity index (χ1) is 13.9. The van der Waals surface area contributed by atoms with Gasteiger partial charge in [-0.2, -0.15) is 12.7 Å². The van der Waals surface area contributed by atoms with Crippen LogP contribution in [0.1, 0.15) is 60.7 Å². The summed E-state index contributed by atoms with van der Waals surface area (Å²) < 4.78 is 30.1. The van der Waals surface area contributed by atoms with Gasteiger partial charge in [-0.25, -0.2) is 4.72 Å². The summed E-state index contributed by atoms with van der Waals surface area (Å²) in [6.07, 6.45) is 3.87. The molecule has 6 nitrogen and oxygen atoms in total. The van der Waals surface area contributed by atoms with Gasteiger partial charge in [-0.15, -0.1) is 11.3 Å². The molecule has 0 aliphatic heterocycles. The van der Waals surface area contributed by atoms with Crippen LogP contribution in [0.5, 0.6) is 0 Å². The maximum absolute atomic E-state index is 12.5. The Bertz CT molecular complexity index is 943. The zero-order valence-electron chi connectivity index (χ0n) is 17.4. The molecule has 1 fully saturated rings. The summed E-state index contributed by atoms with van der Waals surface area (Å²) in [6.45, 7) is 5.14. The molecule has 1 amide bonds. The predicted molar refractivity (Wildman–Crippen MR) is 120 cm³/mol. The highest BCUT2D eigenvalue weighted by atomic mass is 32.2. The van der Waals surface area contributed by atoms with E-state index in [1.807, 2.05) is 26.0 Å². The van der Waals surface area contributed by atoms with Crippen molar-refractivity contribution in [3.63, 3.8) is 0 Å². The van der Waals surface area contributed by atoms with Gasteiger partial charge < -0.3 is 5.32 Å². The largest absolute Gasteiger partial charge is 0.354 e. The molecule has 2 aromatic rings. The Balaban J connectivity index is 1.69. The van der Waals surface area contributed by atoms with Crippen molar-refractivity contribution < 1.29 is 13.2 Å². The van der Waals surface area contributed by atoms with Crippen LogP contribution in [0.3, 0.4) is 0 Å². The molecule has 0 radical (unpaired) electrons. The summed E-state index contributed by atoms with van der Waals surface area (Å²) in [5.74, 6) is 0.661. The van der Waals surface area contributed by atoms with Crippen LogP contribution in [0.15, 0.2) is 24.3 Å². The molecule has 1 aromatic carbocycles. The van der Waals surface area contributed by atoms with E-state index in [-0.39, 0.29) is 5.91 Å². The van der Waals surface area contributed by atoms with Crippen molar-refractivity contribution in [1.29, 1.82) is 0 Å².